The number of rotatable bonds is 13. The van der Waals surface area contributed by atoms with Crippen LogP contribution in [0, 0.1) is 5.92 Å². The summed E-state index contributed by atoms with van der Waals surface area (Å²) in [7, 11) is 0. The number of carbonyl (C=O) groups excluding carboxylic acids is 4. The third-order valence-corrected chi connectivity index (χ3v) is 5.78. The van der Waals surface area contributed by atoms with E-state index < -0.39 is 72.2 Å². The van der Waals surface area contributed by atoms with Crippen molar-refractivity contribution in [2.45, 2.75) is 63.9 Å². The van der Waals surface area contributed by atoms with E-state index >= 15 is 0 Å². The van der Waals surface area contributed by atoms with E-state index in [4.69, 9.17) is 11.5 Å². The van der Waals surface area contributed by atoms with E-state index in [-0.39, 0.29) is 6.42 Å². The molecule has 2 aromatic rings. The number of nitrogens with one attached hydrogen (secondary N) is 4. The minimum atomic E-state index is -1.68. The lowest BCUT2D eigenvalue weighted by Crippen LogP contribution is -2.60. The van der Waals surface area contributed by atoms with Crippen molar-refractivity contribution in [1.82, 2.24) is 20.9 Å². The van der Waals surface area contributed by atoms with Gasteiger partial charge in [0.15, 0.2) is 6.04 Å². The van der Waals surface area contributed by atoms with E-state index in [1.54, 1.807) is 20.0 Å². The number of carboxylic acids is 1. The number of hydrogen-bond acceptors (Lipinski definition) is 7. The molecule has 0 saturated heterocycles. The van der Waals surface area contributed by atoms with Crippen LogP contribution in [-0.2, 0) is 30.4 Å². The Morgan fingerprint density at radius 3 is 2.14 bits per heavy atom. The van der Waals surface area contributed by atoms with Gasteiger partial charge in [0.25, 0.3) is 0 Å². The molecule has 1 aromatic heterocycles. The highest BCUT2D eigenvalue weighted by molar-refractivity contribution is 5.96. The molecule has 37 heavy (non-hydrogen) atoms. The summed E-state index contributed by atoms with van der Waals surface area (Å²) in [6.45, 7) is 4.48. The minimum absolute atomic E-state index is 0.199. The predicted octanol–water partition coefficient (Wildman–Crippen LogP) is -1.51. The number of primary amides is 1. The number of fused-ring (bicyclic) bond motifs is 1. The Morgan fingerprint density at radius 1 is 0.946 bits per heavy atom. The largest absolute Gasteiger partial charge is 0.480 e. The number of H-pyrrole nitrogens is 1. The maximum absolute atomic E-state index is 13.0. The van der Waals surface area contributed by atoms with Crippen LogP contribution in [0.3, 0.4) is 0 Å². The average molecular weight is 519 g/mol. The molecule has 1 aromatic carbocycles. The second kappa shape index (κ2) is 12.8. The zero-order valence-corrected chi connectivity index (χ0v) is 20.9. The molecular weight excluding hydrogens is 484 g/mol. The third kappa shape index (κ3) is 8.02. The molecule has 13 nitrogen and oxygen atoms in total. The number of aliphatic hydroxyl groups is 1. The summed E-state index contributed by atoms with van der Waals surface area (Å²) in [5.41, 5.74) is 13.0. The van der Waals surface area contributed by atoms with Crippen LogP contribution in [0.2, 0.25) is 0 Å². The fourth-order valence-electron chi connectivity index (χ4n) is 3.74. The molecule has 13 heteroatoms. The van der Waals surface area contributed by atoms with Crippen LogP contribution in [0.5, 0.6) is 0 Å². The Bertz CT molecular complexity index is 1150. The van der Waals surface area contributed by atoms with E-state index in [1.165, 1.54) is 0 Å². The van der Waals surface area contributed by atoms with Crippen molar-refractivity contribution in [2.24, 2.45) is 17.4 Å². The van der Waals surface area contributed by atoms with Crippen LogP contribution in [0.15, 0.2) is 30.5 Å². The summed E-state index contributed by atoms with van der Waals surface area (Å²) >= 11 is 0. The van der Waals surface area contributed by atoms with Crippen LogP contribution in [0.4, 0.5) is 0 Å². The number of carboxylic acid groups (broad SMARTS) is 1. The van der Waals surface area contributed by atoms with Gasteiger partial charge in [-0.3, -0.25) is 19.2 Å². The maximum atomic E-state index is 13.0. The Labute approximate surface area is 213 Å². The second-order valence-corrected chi connectivity index (χ2v) is 9.20. The zero-order chi connectivity index (χ0) is 27.9. The molecule has 0 bridgehead atoms. The van der Waals surface area contributed by atoms with E-state index in [9.17, 15) is 34.2 Å². The van der Waals surface area contributed by atoms with Gasteiger partial charge in [-0.2, -0.15) is 0 Å². The monoisotopic (exact) mass is 518 g/mol. The van der Waals surface area contributed by atoms with Gasteiger partial charge >= 0.3 is 5.97 Å². The molecule has 0 aliphatic heterocycles. The molecule has 2 rings (SSSR count). The molecule has 10 N–H and O–H groups in total. The van der Waals surface area contributed by atoms with Crippen LogP contribution >= 0.6 is 0 Å². The topological polar surface area (TPSA) is 230 Å². The highest BCUT2D eigenvalue weighted by Crippen LogP contribution is 2.19. The number of aliphatic carboxylic acids is 1. The quantitative estimate of drug-likeness (QED) is 0.155. The van der Waals surface area contributed by atoms with Crippen molar-refractivity contribution in [1.29, 1.82) is 0 Å². The normalized spacial score (nSPS) is 15.3. The van der Waals surface area contributed by atoms with Crippen LogP contribution in [-0.4, -0.2) is 75.1 Å². The fourth-order valence-corrected chi connectivity index (χ4v) is 3.74. The molecule has 202 valence electrons. The Balaban J connectivity index is 2.11. The second-order valence-electron chi connectivity index (χ2n) is 9.20. The first-order valence-corrected chi connectivity index (χ1v) is 11.7. The molecule has 0 aliphatic carbocycles. The van der Waals surface area contributed by atoms with E-state index in [2.05, 4.69) is 20.9 Å². The molecule has 5 atom stereocenters. The van der Waals surface area contributed by atoms with Crippen molar-refractivity contribution < 1.29 is 34.2 Å². The highest BCUT2D eigenvalue weighted by Gasteiger charge is 2.33. The van der Waals surface area contributed by atoms with Crippen LogP contribution in [0.1, 0.15) is 32.8 Å². The number of amides is 4. The minimum Gasteiger partial charge on any atom is -0.480 e. The number of hydrogen-bond donors (Lipinski definition) is 8. The van der Waals surface area contributed by atoms with Crippen molar-refractivity contribution in [3.63, 3.8) is 0 Å². The lowest BCUT2D eigenvalue weighted by molar-refractivity contribution is -0.145. The SMILES string of the molecule is CC(C)C(NC(=O)C(N)Cc1c[nH]c2ccccc12)C(=O)NC(CC(N)=O)C(=O)NC(C(=O)O)C(C)O. The summed E-state index contributed by atoms with van der Waals surface area (Å²) in [6.07, 6.45) is -0.129. The van der Waals surface area contributed by atoms with Crippen molar-refractivity contribution in [2.75, 3.05) is 0 Å². The smallest absolute Gasteiger partial charge is 0.328 e. The number of nitrogens with two attached hydrogens (primary N) is 2. The number of aromatic amines is 1. The average Bonchev–Trinajstić information content (AvgIpc) is 3.21. The molecule has 0 aliphatic rings. The summed E-state index contributed by atoms with van der Waals surface area (Å²) in [6, 6.07) is 2.19. The Morgan fingerprint density at radius 2 is 1.57 bits per heavy atom. The van der Waals surface area contributed by atoms with E-state index in [1.807, 2.05) is 24.3 Å². The van der Waals surface area contributed by atoms with Gasteiger partial charge in [-0.25, -0.2) is 4.79 Å². The van der Waals surface area contributed by atoms with Gasteiger partial charge in [-0.1, -0.05) is 32.0 Å². The van der Waals surface area contributed by atoms with Gasteiger partial charge in [-0.05, 0) is 30.9 Å². The molecule has 0 spiro atoms. The molecule has 0 fully saturated rings. The molecule has 5 unspecified atom stereocenters. The summed E-state index contributed by atoms with van der Waals surface area (Å²) in [5.74, 6) is -5.32. The number of benzene rings is 1. The van der Waals surface area contributed by atoms with Gasteiger partial charge in [0.2, 0.25) is 23.6 Å². The summed E-state index contributed by atoms with van der Waals surface area (Å²) in [5, 5.41) is 26.7. The van der Waals surface area contributed by atoms with Gasteiger partial charge in [0.1, 0.15) is 12.1 Å². The van der Waals surface area contributed by atoms with Gasteiger partial charge < -0.3 is 42.6 Å². The predicted molar refractivity (Wildman–Crippen MR) is 134 cm³/mol. The first kappa shape index (κ1) is 29.3. The van der Waals surface area contributed by atoms with Crippen LogP contribution in [0.25, 0.3) is 10.9 Å². The van der Waals surface area contributed by atoms with Crippen molar-refractivity contribution >= 4 is 40.5 Å². The van der Waals surface area contributed by atoms with Gasteiger partial charge in [-0.15, -0.1) is 0 Å². The Hall–Kier alpha value is -3.97. The van der Waals surface area contributed by atoms with Crippen molar-refractivity contribution in [3.8, 4) is 0 Å². The molecule has 0 saturated carbocycles. The first-order chi connectivity index (χ1) is 17.3. The summed E-state index contributed by atoms with van der Waals surface area (Å²) < 4.78 is 0. The first-order valence-electron chi connectivity index (χ1n) is 11.7. The van der Waals surface area contributed by atoms with Gasteiger partial charge in [0, 0.05) is 17.1 Å². The van der Waals surface area contributed by atoms with Crippen molar-refractivity contribution in [3.05, 3.63) is 36.0 Å². The lowest BCUT2D eigenvalue weighted by Gasteiger charge is -2.27. The number of carbonyl (C=O) groups is 5. The summed E-state index contributed by atoms with van der Waals surface area (Å²) in [4.78, 5) is 64.4. The number of aromatic nitrogens is 1. The zero-order valence-electron chi connectivity index (χ0n) is 20.9. The van der Waals surface area contributed by atoms with Gasteiger partial charge in [0.05, 0.1) is 18.6 Å². The number of para-hydroxylation sites is 1. The van der Waals surface area contributed by atoms with E-state index in [0.717, 1.165) is 23.4 Å². The lowest BCUT2D eigenvalue weighted by atomic mass is 10.0. The third-order valence-electron chi connectivity index (χ3n) is 5.78. The standard InChI is InChI=1S/C24H34N6O7/c1-11(2)19(29-21(33)15(25)8-13-10-27-16-7-5-4-6-14(13)16)23(35)28-17(9-18(26)32)22(34)30-20(12(3)31)24(36)37/h4-7,10-12,15,17,19-20,27,31H,8-9,25H2,1-3H3,(H2,26,32)(H,28,35)(H,29,33)(H,30,34)(H,36,37). The Kier molecular flexibility index (Phi) is 10.1. The van der Waals surface area contributed by atoms with Crippen LogP contribution < -0.4 is 27.4 Å². The maximum Gasteiger partial charge on any atom is 0.328 e. The molecule has 4 amide bonds. The molecular formula is C24H34N6O7. The molecule has 1 heterocycles. The number of aliphatic hydroxyl groups excluding tert-OH is 1. The van der Waals surface area contributed by atoms with E-state index in [0.29, 0.717) is 0 Å². The fraction of sp³-hybridized carbons (Fsp3) is 0.458. The highest BCUT2D eigenvalue weighted by atomic mass is 16.4. The molecule has 0 radical (unpaired) electrons.